The molecule has 0 aliphatic rings. The molecule has 0 radical (unpaired) electrons. The normalized spacial score (nSPS) is 12.0. The maximum absolute atomic E-state index is 10.5. The molecule has 3 nitrogen and oxygen atoms in total. The van der Waals surface area contributed by atoms with Gasteiger partial charge in [0.25, 0.3) is 0 Å². The Balaban J connectivity index is 1.79. The van der Waals surface area contributed by atoms with Gasteiger partial charge in [0.05, 0.1) is 0 Å². The van der Waals surface area contributed by atoms with E-state index in [0.29, 0.717) is 0 Å². The summed E-state index contributed by atoms with van der Waals surface area (Å²) in [7, 11) is 2.04. The van der Waals surface area contributed by atoms with Crippen LogP contribution in [0.5, 0.6) is 0 Å². The fraction of sp³-hybridized carbons (Fsp3) is 0.190. The maximum atomic E-state index is 10.5. The van der Waals surface area contributed by atoms with Crippen LogP contribution in [0, 0.1) is 6.92 Å². The number of benzene rings is 2. The Morgan fingerprint density at radius 1 is 0.958 bits per heavy atom. The van der Waals surface area contributed by atoms with Gasteiger partial charge >= 0.3 is 0 Å². The highest BCUT2D eigenvalue weighted by Crippen LogP contribution is 2.25. The number of hydrogen-bond donors (Lipinski definition) is 1. The second-order valence-corrected chi connectivity index (χ2v) is 6.06. The van der Waals surface area contributed by atoms with Crippen molar-refractivity contribution in [2.45, 2.75) is 19.6 Å². The van der Waals surface area contributed by atoms with Crippen molar-refractivity contribution in [3.8, 4) is 0 Å². The molecule has 1 atom stereocenters. The lowest BCUT2D eigenvalue weighted by atomic mass is 10.0. The van der Waals surface area contributed by atoms with Gasteiger partial charge in [-0.05, 0) is 29.7 Å². The molecule has 2 aromatic carbocycles. The molecule has 0 amide bonds. The number of hydrogen-bond acceptors (Lipinski definition) is 3. The van der Waals surface area contributed by atoms with Gasteiger partial charge in [-0.25, -0.2) is 4.98 Å². The molecule has 1 N–H and O–H groups in total. The fourth-order valence-corrected chi connectivity index (χ4v) is 2.90. The van der Waals surface area contributed by atoms with E-state index in [9.17, 15) is 5.11 Å². The number of rotatable bonds is 5. The number of nitrogens with zero attached hydrogens (tertiary/aromatic N) is 2. The van der Waals surface area contributed by atoms with E-state index >= 15 is 0 Å². The van der Waals surface area contributed by atoms with Crippen LogP contribution in [0.25, 0.3) is 0 Å². The number of aryl methyl sites for hydroxylation is 1. The highest BCUT2D eigenvalue weighted by Gasteiger charge is 2.14. The van der Waals surface area contributed by atoms with Gasteiger partial charge in [0.2, 0.25) is 0 Å². The van der Waals surface area contributed by atoms with Crippen molar-refractivity contribution in [2.75, 3.05) is 11.9 Å². The van der Waals surface area contributed by atoms with Crippen molar-refractivity contribution in [3.63, 3.8) is 0 Å². The van der Waals surface area contributed by atoms with Crippen molar-refractivity contribution in [1.29, 1.82) is 0 Å². The van der Waals surface area contributed by atoms with E-state index in [2.05, 4.69) is 22.0 Å². The molecule has 0 bridgehead atoms. The second kappa shape index (κ2) is 7.28. The van der Waals surface area contributed by atoms with Crippen LogP contribution < -0.4 is 4.90 Å². The Kier molecular flexibility index (Phi) is 4.92. The van der Waals surface area contributed by atoms with E-state index in [1.54, 1.807) is 6.20 Å². The maximum Gasteiger partial charge on any atom is 0.131 e. The molecule has 0 unspecified atom stereocenters. The molecule has 122 valence electrons. The Morgan fingerprint density at radius 3 is 2.21 bits per heavy atom. The Bertz CT molecular complexity index is 787. The van der Waals surface area contributed by atoms with Gasteiger partial charge < -0.3 is 10.0 Å². The van der Waals surface area contributed by atoms with Gasteiger partial charge in [-0.15, -0.1) is 0 Å². The summed E-state index contributed by atoms with van der Waals surface area (Å²) in [4.78, 5) is 6.72. The van der Waals surface area contributed by atoms with Crippen LogP contribution in [0.4, 0.5) is 5.82 Å². The predicted octanol–water partition coefficient (Wildman–Crippen LogP) is 4.11. The van der Waals surface area contributed by atoms with Gasteiger partial charge in [0.1, 0.15) is 11.9 Å². The Hall–Kier alpha value is -2.65. The van der Waals surface area contributed by atoms with Crippen LogP contribution in [-0.2, 0) is 6.54 Å². The minimum absolute atomic E-state index is 0.647. The summed E-state index contributed by atoms with van der Waals surface area (Å²) < 4.78 is 0. The molecule has 3 heteroatoms. The van der Waals surface area contributed by atoms with E-state index in [1.807, 2.05) is 68.6 Å². The van der Waals surface area contributed by atoms with Crippen LogP contribution in [0.15, 0.2) is 72.9 Å². The van der Waals surface area contributed by atoms with E-state index < -0.39 is 6.10 Å². The summed E-state index contributed by atoms with van der Waals surface area (Å²) in [6.45, 7) is 2.83. The first kappa shape index (κ1) is 16.2. The Labute approximate surface area is 143 Å². The van der Waals surface area contributed by atoms with Crippen LogP contribution in [0.3, 0.4) is 0 Å². The molecule has 1 heterocycles. The lowest BCUT2D eigenvalue weighted by Crippen LogP contribution is -2.19. The summed E-state index contributed by atoms with van der Waals surface area (Å²) in [6, 6.07) is 22.0. The summed E-state index contributed by atoms with van der Waals surface area (Å²) in [6.07, 6.45) is 1.12. The minimum Gasteiger partial charge on any atom is -0.384 e. The van der Waals surface area contributed by atoms with Crippen LogP contribution >= 0.6 is 0 Å². The average Bonchev–Trinajstić information content (AvgIpc) is 2.62. The molecular formula is C21H22N2O. The summed E-state index contributed by atoms with van der Waals surface area (Å²) in [5.74, 6) is 0.933. The topological polar surface area (TPSA) is 36.4 Å². The predicted molar refractivity (Wildman–Crippen MR) is 98.0 cm³/mol. The van der Waals surface area contributed by atoms with Gasteiger partial charge in [-0.1, -0.05) is 60.7 Å². The zero-order valence-electron chi connectivity index (χ0n) is 14.1. The first-order valence-corrected chi connectivity index (χ1v) is 8.10. The smallest absolute Gasteiger partial charge is 0.131 e. The second-order valence-electron chi connectivity index (χ2n) is 6.06. The molecule has 0 fully saturated rings. The summed E-state index contributed by atoms with van der Waals surface area (Å²) >= 11 is 0. The van der Waals surface area contributed by atoms with Crippen molar-refractivity contribution in [1.82, 2.24) is 4.98 Å². The minimum atomic E-state index is -0.647. The lowest BCUT2D eigenvalue weighted by molar-refractivity contribution is 0.220. The third kappa shape index (κ3) is 3.63. The number of pyridine rings is 1. The quantitative estimate of drug-likeness (QED) is 0.769. The van der Waals surface area contributed by atoms with E-state index in [4.69, 9.17) is 0 Å². The van der Waals surface area contributed by atoms with E-state index in [-0.39, 0.29) is 0 Å². The first-order valence-electron chi connectivity index (χ1n) is 8.10. The Morgan fingerprint density at radius 2 is 1.58 bits per heavy atom. The largest absolute Gasteiger partial charge is 0.384 e. The third-order valence-corrected chi connectivity index (χ3v) is 4.13. The highest BCUT2D eigenvalue weighted by atomic mass is 16.3. The summed E-state index contributed by atoms with van der Waals surface area (Å²) in [5, 5.41) is 10.5. The summed E-state index contributed by atoms with van der Waals surface area (Å²) in [5.41, 5.74) is 4.00. The van der Waals surface area contributed by atoms with Crippen molar-refractivity contribution in [3.05, 3.63) is 95.2 Å². The van der Waals surface area contributed by atoms with E-state index in [0.717, 1.165) is 29.1 Å². The molecule has 0 aliphatic heterocycles. The zero-order chi connectivity index (χ0) is 16.9. The number of aliphatic hydroxyl groups excluding tert-OH is 1. The third-order valence-electron chi connectivity index (χ3n) is 4.13. The molecule has 3 rings (SSSR count). The van der Waals surface area contributed by atoms with Crippen molar-refractivity contribution in [2.24, 2.45) is 0 Å². The fourth-order valence-electron chi connectivity index (χ4n) is 2.90. The van der Waals surface area contributed by atoms with Crippen LogP contribution in [0.1, 0.15) is 28.4 Å². The lowest BCUT2D eigenvalue weighted by Gasteiger charge is -2.21. The molecule has 3 aromatic rings. The first-order chi connectivity index (χ1) is 11.6. The van der Waals surface area contributed by atoms with Gasteiger partial charge in [0.15, 0.2) is 0 Å². The van der Waals surface area contributed by atoms with Crippen molar-refractivity contribution < 1.29 is 5.11 Å². The highest BCUT2D eigenvalue weighted by molar-refractivity contribution is 5.48. The average molecular weight is 318 g/mol. The number of aliphatic hydroxyl groups is 1. The zero-order valence-corrected chi connectivity index (χ0v) is 14.1. The molecule has 24 heavy (non-hydrogen) atoms. The van der Waals surface area contributed by atoms with Gasteiger partial charge in [0, 0.05) is 25.4 Å². The van der Waals surface area contributed by atoms with E-state index in [1.165, 1.54) is 5.56 Å². The molecule has 1 aromatic heterocycles. The number of anilines is 1. The van der Waals surface area contributed by atoms with Gasteiger partial charge in [-0.2, -0.15) is 0 Å². The standard InChI is InChI=1S/C21H22N2O/c1-16-13-19(20(24)18-11-7-4-8-12-18)14-22-21(16)23(2)15-17-9-5-3-6-10-17/h3-14,20,24H,15H2,1-2H3/t20-/m1/s1. The van der Waals surface area contributed by atoms with Crippen LogP contribution in [-0.4, -0.2) is 17.1 Å². The number of aromatic nitrogens is 1. The van der Waals surface area contributed by atoms with Crippen LogP contribution in [0.2, 0.25) is 0 Å². The monoisotopic (exact) mass is 318 g/mol. The molecular weight excluding hydrogens is 296 g/mol. The van der Waals surface area contributed by atoms with Gasteiger partial charge in [-0.3, -0.25) is 0 Å². The molecule has 0 aliphatic carbocycles. The molecule has 0 saturated heterocycles. The van der Waals surface area contributed by atoms with Crippen molar-refractivity contribution >= 4 is 5.82 Å². The SMILES string of the molecule is Cc1cc([C@H](O)c2ccccc2)cnc1N(C)Cc1ccccc1. The molecule has 0 spiro atoms. The molecule has 0 saturated carbocycles.